The van der Waals surface area contributed by atoms with Crippen LogP contribution in [0, 0.1) is 11.8 Å². The van der Waals surface area contributed by atoms with Gasteiger partial charge in [0.05, 0.1) is 0 Å². The summed E-state index contributed by atoms with van der Waals surface area (Å²) in [6, 6.07) is 6.21. The third-order valence-electron chi connectivity index (χ3n) is 5.14. The molecule has 136 valence electrons. The van der Waals surface area contributed by atoms with Crippen LogP contribution in [0.25, 0.3) is 0 Å². The first-order valence-electron chi connectivity index (χ1n) is 9.40. The molecule has 2 N–H and O–H groups in total. The number of amides is 2. The molecule has 0 aromatic heterocycles. The zero-order valence-electron chi connectivity index (χ0n) is 15.4. The molecule has 4 heteroatoms. The third-order valence-corrected chi connectivity index (χ3v) is 5.14. The second-order valence-electron chi connectivity index (χ2n) is 6.73. The highest BCUT2D eigenvalue weighted by Crippen LogP contribution is 2.31. The van der Waals surface area contributed by atoms with Gasteiger partial charge in [-0.25, -0.2) is 0 Å². The van der Waals surface area contributed by atoms with Gasteiger partial charge in [-0.05, 0) is 49.7 Å². The Morgan fingerprint density at radius 3 is 2.04 bits per heavy atom. The van der Waals surface area contributed by atoms with Crippen molar-refractivity contribution in [3.63, 3.8) is 0 Å². The van der Waals surface area contributed by atoms with Crippen LogP contribution in [0.4, 0.5) is 5.69 Å². The first kappa shape index (κ1) is 19.2. The van der Waals surface area contributed by atoms with Crippen LogP contribution in [0.15, 0.2) is 30.9 Å². The number of rotatable bonds is 7. The smallest absolute Gasteiger partial charge is 0.227 e. The molecule has 0 unspecified atom stereocenters. The second-order valence-corrected chi connectivity index (χ2v) is 6.73. The van der Waals surface area contributed by atoms with Crippen molar-refractivity contribution in [3.05, 3.63) is 42.0 Å². The molecule has 1 saturated carbocycles. The Kier molecular flexibility index (Phi) is 7.23. The predicted molar refractivity (Wildman–Crippen MR) is 102 cm³/mol. The van der Waals surface area contributed by atoms with Crippen LogP contribution in [0.1, 0.15) is 50.7 Å². The highest BCUT2D eigenvalue weighted by atomic mass is 16.2. The van der Waals surface area contributed by atoms with E-state index in [-0.39, 0.29) is 23.7 Å². The maximum atomic E-state index is 12.7. The summed E-state index contributed by atoms with van der Waals surface area (Å²) in [6.07, 6.45) is 6.59. The summed E-state index contributed by atoms with van der Waals surface area (Å²) in [7, 11) is 0. The van der Waals surface area contributed by atoms with Crippen molar-refractivity contribution >= 4 is 17.5 Å². The Labute approximate surface area is 151 Å². The van der Waals surface area contributed by atoms with Crippen LogP contribution in [0.3, 0.4) is 0 Å². The SMILES string of the molecule is C=CCNC(=O)C1CCC(C(=O)Nc2c(CC)cccc2CC)CC1. The normalized spacial score (nSPS) is 19.9. The lowest BCUT2D eigenvalue weighted by Gasteiger charge is -2.27. The maximum absolute atomic E-state index is 12.7. The average molecular weight is 342 g/mol. The van der Waals surface area contributed by atoms with Gasteiger partial charge in [0.25, 0.3) is 0 Å². The largest absolute Gasteiger partial charge is 0.352 e. The molecule has 1 fully saturated rings. The van der Waals surface area contributed by atoms with Crippen LogP contribution >= 0.6 is 0 Å². The van der Waals surface area contributed by atoms with Gasteiger partial charge in [-0.15, -0.1) is 6.58 Å². The summed E-state index contributed by atoms with van der Waals surface area (Å²) >= 11 is 0. The molecule has 1 aliphatic carbocycles. The lowest BCUT2D eigenvalue weighted by Crippen LogP contribution is -2.35. The van der Waals surface area contributed by atoms with E-state index in [9.17, 15) is 9.59 Å². The van der Waals surface area contributed by atoms with E-state index < -0.39 is 0 Å². The number of hydrogen-bond acceptors (Lipinski definition) is 2. The van der Waals surface area contributed by atoms with E-state index >= 15 is 0 Å². The highest BCUT2D eigenvalue weighted by Gasteiger charge is 2.30. The quantitative estimate of drug-likeness (QED) is 0.739. The fourth-order valence-electron chi connectivity index (χ4n) is 3.56. The molecule has 0 spiro atoms. The summed E-state index contributed by atoms with van der Waals surface area (Å²) in [4.78, 5) is 24.8. The first-order valence-corrected chi connectivity index (χ1v) is 9.40. The molecule has 0 saturated heterocycles. The number of carbonyl (C=O) groups is 2. The molecule has 2 rings (SSSR count). The van der Waals surface area contributed by atoms with E-state index in [0.29, 0.717) is 6.54 Å². The van der Waals surface area contributed by atoms with Crippen LogP contribution in [-0.4, -0.2) is 18.4 Å². The number of para-hydroxylation sites is 1. The Balaban J connectivity index is 1.95. The molecule has 4 nitrogen and oxygen atoms in total. The maximum Gasteiger partial charge on any atom is 0.227 e. The zero-order chi connectivity index (χ0) is 18.2. The average Bonchev–Trinajstić information content (AvgIpc) is 2.66. The van der Waals surface area contributed by atoms with E-state index in [1.165, 1.54) is 11.1 Å². The monoisotopic (exact) mass is 342 g/mol. The van der Waals surface area contributed by atoms with Crippen molar-refractivity contribution in [3.8, 4) is 0 Å². The van der Waals surface area contributed by atoms with Gasteiger partial charge in [0.15, 0.2) is 0 Å². The molecule has 25 heavy (non-hydrogen) atoms. The van der Waals surface area contributed by atoms with Crippen LogP contribution in [-0.2, 0) is 22.4 Å². The van der Waals surface area contributed by atoms with E-state index in [0.717, 1.165) is 44.2 Å². The molecule has 0 heterocycles. The molecular formula is C21H30N2O2. The van der Waals surface area contributed by atoms with Gasteiger partial charge >= 0.3 is 0 Å². The molecule has 1 aromatic carbocycles. The predicted octanol–water partition coefficient (Wildman–Crippen LogP) is 3.86. The molecule has 1 aromatic rings. The number of nitrogens with one attached hydrogen (secondary N) is 2. The number of benzene rings is 1. The molecule has 1 aliphatic rings. The Bertz CT molecular complexity index is 594. The number of aryl methyl sites for hydroxylation is 2. The van der Waals surface area contributed by atoms with Crippen molar-refractivity contribution in [2.45, 2.75) is 52.4 Å². The zero-order valence-corrected chi connectivity index (χ0v) is 15.4. The van der Waals surface area contributed by atoms with E-state index in [1.54, 1.807) is 6.08 Å². The van der Waals surface area contributed by atoms with Gasteiger partial charge in [0, 0.05) is 24.1 Å². The molecule has 0 bridgehead atoms. The summed E-state index contributed by atoms with van der Waals surface area (Å²) in [5, 5.41) is 6.03. The number of carbonyl (C=O) groups excluding carboxylic acids is 2. The highest BCUT2D eigenvalue weighted by molar-refractivity contribution is 5.94. The van der Waals surface area contributed by atoms with Gasteiger partial charge < -0.3 is 10.6 Å². The van der Waals surface area contributed by atoms with Gasteiger partial charge in [0.1, 0.15) is 0 Å². The van der Waals surface area contributed by atoms with Gasteiger partial charge in [-0.3, -0.25) is 9.59 Å². The standard InChI is InChI=1S/C21H30N2O2/c1-4-14-22-20(24)17-10-12-18(13-11-17)21(25)23-19-15(5-2)8-7-9-16(19)6-3/h4,7-9,17-18H,1,5-6,10-14H2,2-3H3,(H,22,24)(H,23,25). The van der Waals surface area contributed by atoms with Crippen LogP contribution in [0.5, 0.6) is 0 Å². The van der Waals surface area contributed by atoms with Crippen LogP contribution < -0.4 is 10.6 Å². The number of hydrogen-bond donors (Lipinski definition) is 2. The minimum atomic E-state index is -0.00178. The van der Waals surface area contributed by atoms with Gasteiger partial charge in [0.2, 0.25) is 11.8 Å². The minimum Gasteiger partial charge on any atom is -0.352 e. The Morgan fingerprint density at radius 2 is 1.56 bits per heavy atom. The van der Waals surface area contributed by atoms with E-state index in [4.69, 9.17) is 0 Å². The first-order chi connectivity index (χ1) is 12.1. The number of anilines is 1. The molecule has 2 amide bonds. The van der Waals surface area contributed by atoms with Gasteiger partial charge in [-0.1, -0.05) is 38.1 Å². The van der Waals surface area contributed by atoms with Crippen molar-refractivity contribution in [2.75, 3.05) is 11.9 Å². The fourth-order valence-corrected chi connectivity index (χ4v) is 3.56. The van der Waals surface area contributed by atoms with Crippen LogP contribution in [0.2, 0.25) is 0 Å². The fraction of sp³-hybridized carbons (Fsp3) is 0.524. The molecule has 0 aliphatic heterocycles. The van der Waals surface area contributed by atoms with E-state index in [1.807, 2.05) is 0 Å². The van der Waals surface area contributed by atoms with Crippen molar-refractivity contribution in [2.24, 2.45) is 11.8 Å². The summed E-state index contributed by atoms with van der Waals surface area (Å²) in [5.41, 5.74) is 3.36. The second kappa shape index (κ2) is 9.40. The Hall–Kier alpha value is -2.10. The summed E-state index contributed by atoms with van der Waals surface area (Å²) < 4.78 is 0. The Morgan fingerprint density at radius 1 is 1.04 bits per heavy atom. The van der Waals surface area contributed by atoms with E-state index in [2.05, 4.69) is 49.3 Å². The van der Waals surface area contributed by atoms with Gasteiger partial charge in [-0.2, -0.15) is 0 Å². The lowest BCUT2D eigenvalue weighted by molar-refractivity contribution is -0.128. The lowest BCUT2D eigenvalue weighted by atomic mass is 9.81. The third kappa shape index (κ3) is 4.94. The molecule has 0 atom stereocenters. The minimum absolute atomic E-state index is 0.00178. The molecule has 0 radical (unpaired) electrons. The summed E-state index contributed by atoms with van der Waals surface area (Å²) in [6.45, 7) is 8.34. The van der Waals surface area contributed by atoms with Crippen molar-refractivity contribution in [1.29, 1.82) is 0 Å². The van der Waals surface area contributed by atoms with Crippen molar-refractivity contribution < 1.29 is 9.59 Å². The topological polar surface area (TPSA) is 58.2 Å². The summed E-state index contributed by atoms with van der Waals surface area (Å²) in [5.74, 6) is 0.208. The van der Waals surface area contributed by atoms with Crippen molar-refractivity contribution in [1.82, 2.24) is 5.32 Å². The molecular weight excluding hydrogens is 312 g/mol.